The third-order valence-corrected chi connectivity index (χ3v) is 5.66. The second-order valence-electron chi connectivity index (χ2n) is 6.08. The summed E-state index contributed by atoms with van der Waals surface area (Å²) in [6, 6.07) is 10.0. The molecule has 5 heteroatoms. The molecule has 122 valence electrons. The van der Waals surface area contributed by atoms with E-state index < -0.39 is 0 Å². The molecule has 4 rings (SSSR count). The number of hydrogen-bond acceptors (Lipinski definition) is 4. The van der Waals surface area contributed by atoms with Gasteiger partial charge in [-0.2, -0.15) is 0 Å². The van der Waals surface area contributed by atoms with E-state index in [0.29, 0.717) is 6.54 Å². The highest BCUT2D eigenvalue weighted by molar-refractivity contribution is 7.20. The Kier molecular flexibility index (Phi) is 4.04. The minimum Gasteiger partial charge on any atom is -0.347 e. The third kappa shape index (κ3) is 2.81. The van der Waals surface area contributed by atoms with Gasteiger partial charge in [-0.3, -0.25) is 9.78 Å². The fourth-order valence-electron chi connectivity index (χ4n) is 3.23. The van der Waals surface area contributed by atoms with Crippen LogP contribution in [0.2, 0.25) is 0 Å². The van der Waals surface area contributed by atoms with Gasteiger partial charge in [0.15, 0.2) is 0 Å². The van der Waals surface area contributed by atoms with Crippen molar-refractivity contribution in [1.29, 1.82) is 0 Å². The molecule has 0 radical (unpaired) electrons. The highest BCUT2D eigenvalue weighted by Crippen LogP contribution is 2.25. The van der Waals surface area contributed by atoms with E-state index >= 15 is 0 Å². The van der Waals surface area contributed by atoms with Crippen molar-refractivity contribution in [2.75, 3.05) is 6.54 Å². The maximum Gasteiger partial charge on any atom is 0.261 e. The van der Waals surface area contributed by atoms with Crippen LogP contribution in [0, 0.1) is 6.92 Å². The first-order valence-electron chi connectivity index (χ1n) is 8.16. The number of carbonyl (C=O) groups is 1. The van der Waals surface area contributed by atoms with Crippen molar-refractivity contribution in [3.8, 4) is 0 Å². The van der Waals surface area contributed by atoms with Gasteiger partial charge in [0, 0.05) is 29.7 Å². The molecule has 1 aliphatic rings. The number of fused-ring (bicyclic) bond motifs is 2. The summed E-state index contributed by atoms with van der Waals surface area (Å²) in [6.45, 7) is 4.39. The smallest absolute Gasteiger partial charge is 0.261 e. The molecule has 1 aliphatic heterocycles. The zero-order valence-electron chi connectivity index (χ0n) is 13.6. The monoisotopic (exact) mass is 337 g/mol. The second-order valence-corrected chi connectivity index (χ2v) is 7.17. The van der Waals surface area contributed by atoms with E-state index in [4.69, 9.17) is 0 Å². The summed E-state index contributed by atoms with van der Waals surface area (Å²) < 4.78 is 1.14. The number of pyridine rings is 1. The summed E-state index contributed by atoms with van der Waals surface area (Å²) in [5, 5.41) is 7.56. The SMILES string of the molecule is Cc1ncc2c(c1CNC(=O)c1cc3ccccc3s1)CCNC2. The number of aryl methyl sites for hydroxylation is 1. The number of carbonyl (C=O) groups excluding carboxylic acids is 1. The van der Waals surface area contributed by atoms with E-state index in [9.17, 15) is 4.79 Å². The summed E-state index contributed by atoms with van der Waals surface area (Å²) >= 11 is 1.54. The molecule has 0 bridgehead atoms. The number of thiophene rings is 1. The van der Waals surface area contributed by atoms with Crippen LogP contribution >= 0.6 is 11.3 Å². The molecule has 0 aliphatic carbocycles. The van der Waals surface area contributed by atoms with E-state index in [1.54, 1.807) is 0 Å². The third-order valence-electron chi connectivity index (χ3n) is 4.54. The quantitative estimate of drug-likeness (QED) is 0.772. The largest absolute Gasteiger partial charge is 0.347 e. The van der Waals surface area contributed by atoms with Crippen molar-refractivity contribution < 1.29 is 4.79 Å². The topological polar surface area (TPSA) is 54.0 Å². The molecule has 3 aromatic rings. The predicted octanol–water partition coefficient (Wildman–Crippen LogP) is 3.18. The zero-order chi connectivity index (χ0) is 16.5. The van der Waals surface area contributed by atoms with Crippen molar-refractivity contribution in [2.45, 2.75) is 26.4 Å². The minimum absolute atomic E-state index is 0.0119. The Morgan fingerprint density at radius 3 is 3.12 bits per heavy atom. The van der Waals surface area contributed by atoms with Gasteiger partial charge in [0.05, 0.1) is 4.88 Å². The van der Waals surface area contributed by atoms with Gasteiger partial charge in [-0.25, -0.2) is 0 Å². The van der Waals surface area contributed by atoms with Gasteiger partial charge in [-0.1, -0.05) is 18.2 Å². The van der Waals surface area contributed by atoms with Crippen LogP contribution in [0.4, 0.5) is 0 Å². The molecule has 0 fully saturated rings. The molecule has 0 saturated carbocycles. The van der Waals surface area contributed by atoms with Crippen molar-refractivity contribution in [1.82, 2.24) is 15.6 Å². The van der Waals surface area contributed by atoms with Crippen LogP contribution in [0.25, 0.3) is 10.1 Å². The molecule has 0 unspecified atom stereocenters. The van der Waals surface area contributed by atoms with Crippen molar-refractivity contribution in [2.24, 2.45) is 0 Å². The molecule has 24 heavy (non-hydrogen) atoms. The molecular formula is C19H19N3OS. The summed E-state index contributed by atoms with van der Waals surface area (Å²) in [6.07, 6.45) is 2.95. The van der Waals surface area contributed by atoms with Gasteiger partial charge in [0.1, 0.15) is 0 Å². The van der Waals surface area contributed by atoms with E-state index in [1.165, 1.54) is 28.0 Å². The number of hydrogen-bond donors (Lipinski definition) is 2. The fraction of sp³-hybridized carbons (Fsp3) is 0.263. The first kappa shape index (κ1) is 15.3. The Hall–Kier alpha value is -2.24. The van der Waals surface area contributed by atoms with E-state index in [1.807, 2.05) is 43.5 Å². The fourth-order valence-corrected chi connectivity index (χ4v) is 4.21. The molecule has 3 heterocycles. The molecule has 0 atom stereocenters. The number of aromatic nitrogens is 1. The molecule has 2 aromatic heterocycles. The van der Waals surface area contributed by atoms with Crippen molar-refractivity contribution >= 4 is 27.3 Å². The number of benzene rings is 1. The molecule has 4 nitrogen and oxygen atoms in total. The number of rotatable bonds is 3. The Morgan fingerprint density at radius 2 is 2.25 bits per heavy atom. The van der Waals surface area contributed by atoms with Crippen LogP contribution < -0.4 is 10.6 Å². The molecule has 1 amide bonds. The lowest BCUT2D eigenvalue weighted by Gasteiger charge is -2.21. The van der Waals surface area contributed by atoms with Gasteiger partial charge in [-0.05, 0) is 54.1 Å². The highest BCUT2D eigenvalue weighted by Gasteiger charge is 2.17. The maximum atomic E-state index is 12.5. The van der Waals surface area contributed by atoms with Crippen LogP contribution in [0.1, 0.15) is 32.1 Å². The predicted molar refractivity (Wildman–Crippen MR) is 97.4 cm³/mol. The summed E-state index contributed by atoms with van der Waals surface area (Å²) in [5.41, 5.74) is 4.77. The minimum atomic E-state index is -0.0119. The van der Waals surface area contributed by atoms with Gasteiger partial charge in [-0.15, -0.1) is 11.3 Å². The summed E-state index contributed by atoms with van der Waals surface area (Å²) in [4.78, 5) is 17.8. The average Bonchev–Trinajstić information content (AvgIpc) is 3.05. The van der Waals surface area contributed by atoms with Crippen molar-refractivity contribution in [3.63, 3.8) is 0 Å². The average molecular weight is 337 g/mol. The Morgan fingerprint density at radius 1 is 1.38 bits per heavy atom. The maximum absolute atomic E-state index is 12.5. The van der Waals surface area contributed by atoms with Crippen molar-refractivity contribution in [3.05, 3.63) is 63.8 Å². The zero-order valence-corrected chi connectivity index (χ0v) is 14.4. The summed E-state index contributed by atoms with van der Waals surface area (Å²) in [5.74, 6) is -0.0119. The van der Waals surface area contributed by atoms with Crippen LogP contribution in [-0.2, 0) is 19.5 Å². The number of nitrogens with one attached hydrogen (secondary N) is 2. The van der Waals surface area contributed by atoms with Crippen LogP contribution in [0.15, 0.2) is 36.5 Å². The first-order chi connectivity index (χ1) is 11.7. The number of amides is 1. The lowest BCUT2D eigenvalue weighted by molar-refractivity contribution is 0.0955. The van der Waals surface area contributed by atoms with E-state index in [-0.39, 0.29) is 5.91 Å². The van der Waals surface area contributed by atoms with Crippen LogP contribution in [-0.4, -0.2) is 17.4 Å². The van der Waals surface area contributed by atoms with Crippen LogP contribution in [0.3, 0.4) is 0 Å². The lowest BCUT2D eigenvalue weighted by Crippen LogP contribution is -2.28. The molecule has 0 saturated heterocycles. The Labute approximate surface area is 144 Å². The molecule has 0 spiro atoms. The lowest BCUT2D eigenvalue weighted by atomic mass is 9.96. The van der Waals surface area contributed by atoms with Gasteiger partial charge < -0.3 is 10.6 Å². The molecule has 1 aromatic carbocycles. The first-order valence-corrected chi connectivity index (χ1v) is 8.98. The molecular weight excluding hydrogens is 318 g/mol. The normalized spacial score (nSPS) is 13.7. The van der Waals surface area contributed by atoms with Crippen LogP contribution in [0.5, 0.6) is 0 Å². The Bertz CT molecular complexity index is 883. The second kappa shape index (κ2) is 6.34. The van der Waals surface area contributed by atoms with Gasteiger partial charge in [0.25, 0.3) is 5.91 Å². The highest BCUT2D eigenvalue weighted by atomic mass is 32.1. The summed E-state index contributed by atoms with van der Waals surface area (Å²) in [7, 11) is 0. The van der Waals surface area contributed by atoms with Gasteiger partial charge in [0.2, 0.25) is 0 Å². The number of nitrogens with zero attached hydrogens (tertiary/aromatic N) is 1. The van der Waals surface area contributed by atoms with Gasteiger partial charge >= 0.3 is 0 Å². The van der Waals surface area contributed by atoms with E-state index in [0.717, 1.165) is 40.2 Å². The molecule has 2 N–H and O–H groups in total. The standard InChI is InChI=1S/C19H19N3OS/c1-12-16(15-6-7-20-9-14(15)10-21-12)11-22-19(23)18-8-13-4-2-3-5-17(13)24-18/h2-5,8,10,20H,6-7,9,11H2,1H3,(H,22,23). The van der Waals surface area contributed by atoms with E-state index in [2.05, 4.69) is 15.6 Å². The Balaban J connectivity index is 1.55.